The first-order valence-electron chi connectivity index (χ1n) is 8.29. The Hall–Kier alpha value is -1.22. The van der Waals surface area contributed by atoms with Gasteiger partial charge in [0.05, 0.1) is 24.4 Å². The molecule has 1 N–H and O–H groups in total. The minimum Gasteiger partial charge on any atom is -0.394 e. The molecule has 0 fully saturated rings. The van der Waals surface area contributed by atoms with Gasteiger partial charge in [-0.05, 0) is 50.7 Å². The summed E-state index contributed by atoms with van der Waals surface area (Å²) in [6.07, 6.45) is 5.36. The van der Waals surface area contributed by atoms with Crippen LogP contribution in [0.2, 0.25) is 13.1 Å². The fraction of sp³-hybridized carbons (Fsp3) is 0.556. The number of hydrogen-bond acceptors (Lipinski definition) is 3. The van der Waals surface area contributed by atoms with E-state index in [1.165, 1.54) is 40.7 Å². The molecule has 0 spiro atoms. The zero-order chi connectivity index (χ0) is 16.6. The Balaban J connectivity index is 2.11. The van der Waals surface area contributed by atoms with Crippen molar-refractivity contribution < 1.29 is 4.74 Å². The summed E-state index contributed by atoms with van der Waals surface area (Å²) in [6.45, 7) is 8.67. The van der Waals surface area contributed by atoms with E-state index in [-0.39, 0.29) is 6.10 Å². The largest absolute Gasteiger partial charge is 0.403 e. The first-order chi connectivity index (χ1) is 11.0. The number of aliphatic hydroxyl groups is 2. The molecule has 1 atom stereocenters. The average molecular weight is 345 g/mol. The SMILES string of the molecule is Cc1nc2sc3c(c2c(C)c1C(C#N)[OH+]C[Si+](C)C)CCCC3. The van der Waals surface area contributed by atoms with Gasteiger partial charge in [-0.3, -0.25) is 0 Å². The average Bonchev–Trinajstić information content (AvgIpc) is 2.88. The Bertz CT molecular complexity index is 776. The van der Waals surface area contributed by atoms with Crippen LogP contribution < -0.4 is 0 Å². The molecule has 2 aromatic heterocycles. The standard InChI is InChI=1S/C18H23N2OSSi/c1-11-16(14(9-19)21-10-23(3)4)12(2)20-18-17(11)13-7-5-6-8-15(13)22-18/h14H,5-8,10H2,1-4H3/q+1/p+1. The molecule has 0 aromatic carbocycles. The molecule has 5 heteroatoms. The van der Waals surface area contributed by atoms with Gasteiger partial charge in [0.15, 0.2) is 6.07 Å². The zero-order valence-corrected chi connectivity index (χ0v) is 16.2. The van der Waals surface area contributed by atoms with Crippen molar-refractivity contribution in [2.24, 2.45) is 0 Å². The number of aryl methyl sites for hydroxylation is 4. The third-order valence-corrected chi connectivity index (χ3v) is 6.58. The summed E-state index contributed by atoms with van der Waals surface area (Å²) in [7, 11) is -0.453. The van der Waals surface area contributed by atoms with Gasteiger partial charge in [0.25, 0.3) is 12.3 Å². The molecule has 0 aliphatic heterocycles. The van der Waals surface area contributed by atoms with Crippen molar-refractivity contribution in [3.05, 3.63) is 27.3 Å². The molecular formula is C18H24N2OSSi+2. The lowest BCUT2D eigenvalue weighted by Gasteiger charge is -2.15. The number of nitriles is 1. The number of ether oxygens (including phenoxy) is 1. The van der Waals surface area contributed by atoms with Gasteiger partial charge in [-0.25, -0.2) is 4.98 Å². The van der Waals surface area contributed by atoms with Gasteiger partial charge in [-0.2, -0.15) is 5.26 Å². The monoisotopic (exact) mass is 344 g/mol. The van der Waals surface area contributed by atoms with Gasteiger partial charge < -0.3 is 4.74 Å². The summed E-state index contributed by atoms with van der Waals surface area (Å²) in [5.41, 5.74) is 4.76. The maximum atomic E-state index is 9.64. The molecule has 3 rings (SSSR count). The van der Waals surface area contributed by atoms with E-state index in [4.69, 9.17) is 4.98 Å². The van der Waals surface area contributed by atoms with E-state index in [1.54, 1.807) is 0 Å². The van der Waals surface area contributed by atoms with Crippen molar-refractivity contribution in [2.45, 2.75) is 58.7 Å². The van der Waals surface area contributed by atoms with Gasteiger partial charge in [-0.1, -0.05) is 0 Å². The molecule has 0 saturated heterocycles. The molecule has 1 aliphatic carbocycles. The van der Waals surface area contributed by atoms with E-state index >= 15 is 0 Å². The molecule has 23 heavy (non-hydrogen) atoms. The molecule has 3 nitrogen and oxygen atoms in total. The fourth-order valence-corrected chi connectivity index (χ4v) is 5.42. The molecule has 1 unspecified atom stereocenters. The molecule has 0 amide bonds. The maximum absolute atomic E-state index is 9.64. The van der Waals surface area contributed by atoms with E-state index in [1.807, 2.05) is 18.3 Å². The van der Waals surface area contributed by atoms with Crippen LogP contribution in [0.3, 0.4) is 0 Å². The van der Waals surface area contributed by atoms with Gasteiger partial charge in [-0.15, -0.1) is 11.3 Å². The molecule has 2 aromatic rings. The first kappa shape index (κ1) is 16.6. The Morgan fingerprint density at radius 2 is 2.04 bits per heavy atom. The normalized spacial score (nSPS) is 15.3. The molecule has 1 aliphatic rings. The quantitative estimate of drug-likeness (QED) is 0.474. The molecule has 120 valence electrons. The number of rotatable bonds is 4. The second kappa shape index (κ2) is 6.72. The van der Waals surface area contributed by atoms with Gasteiger partial charge in [0, 0.05) is 10.3 Å². The highest BCUT2D eigenvalue weighted by molar-refractivity contribution is 7.18. The van der Waals surface area contributed by atoms with Crippen LogP contribution in [0, 0.1) is 25.2 Å². The summed E-state index contributed by atoms with van der Waals surface area (Å²) in [5.74, 6) is 0. The smallest absolute Gasteiger partial charge is 0.394 e. The summed E-state index contributed by atoms with van der Waals surface area (Å²) < 4.78 is 4.68. The van der Waals surface area contributed by atoms with Crippen molar-refractivity contribution >= 4 is 30.4 Å². The van der Waals surface area contributed by atoms with Crippen LogP contribution in [0.5, 0.6) is 0 Å². The minimum atomic E-state index is -0.453. The topological polar surface area (TPSA) is 49.5 Å². The molecule has 2 heterocycles. The van der Waals surface area contributed by atoms with Crippen molar-refractivity contribution in [3.63, 3.8) is 0 Å². The van der Waals surface area contributed by atoms with E-state index < -0.39 is 8.80 Å². The Morgan fingerprint density at radius 3 is 2.74 bits per heavy atom. The lowest BCUT2D eigenvalue weighted by atomic mass is 9.92. The number of nitrogens with zero attached hydrogens (tertiary/aromatic N) is 2. The zero-order valence-electron chi connectivity index (χ0n) is 14.4. The van der Waals surface area contributed by atoms with Gasteiger partial charge >= 0.3 is 8.80 Å². The lowest BCUT2D eigenvalue weighted by Crippen LogP contribution is -2.20. The Kier molecular flexibility index (Phi) is 4.86. The van der Waals surface area contributed by atoms with Crippen molar-refractivity contribution in [1.82, 2.24) is 4.98 Å². The molecule has 0 bridgehead atoms. The van der Waals surface area contributed by atoms with Crippen molar-refractivity contribution in [3.8, 4) is 6.07 Å². The predicted octanol–water partition coefficient (Wildman–Crippen LogP) is 4.18. The number of thiophene rings is 1. The van der Waals surface area contributed by atoms with Crippen LogP contribution in [0.4, 0.5) is 0 Å². The second-order valence-corrected chi connectivity index (χ2v) is 10.5. The first-order valence-corrected chi connectivity index (χ1v) is 11.8. The summed E-state index contributed by atoms with van der Waals surface area (Å²) in [4.78, 5) is 7.52. The van der Waals surface area contributed by atoms with E-state index in [9.17, 15) is 5.26 Å². The van der Waals surface area contributed by atoms with Crippen molar-refractivity contribution in [1.29, 1.82) is 5.26 Å². The highest BCUT2D eigenvalue weighted by Crippen LogP contribution is 2.40. The van der Waals surface area contributed by atoms with Crippen LogP contribution >= 0.6 is 11.3 Å². The third-order valence-electron chi connectivity index (χ3n) is 4.58. The van der Waals surface area contributed by atoms with E-state index in [2.05, 4.69) is 30.8 Å². The third kappa shape index (κ3) is 3.08. The van der Waals surface area contributed by atoms with Gasteiger partial charge in [0.2, 0.25) is 0 Å². The van der Waals surface area contributed by atoms with Crippen LogP contribution in [0.15, 0.2) is 0 Å². The Morgan fingerprint density at radius 1 is 1.30 bits per heavy atom. The fourth-order valence-electron chi connectivity index (χ4n) is 3.51. The highest BCUT2D eigenvalue weighted by atomic mass is 32.1. The maximum Gasteiger partial charge on any atom is 0.403 e. The van der Waals surface area contributed by atoms with Crippen molar-refractivity contribution in [2.75, 3.05) is 6.23 Å². The van der Waals surface area contributed by atoms with Crippen LogP contribution in [-0.2, 0) is 12.8 Å². The van der Waals surface area contributed by atoms with Crippen LogP contribution in [-0.4, -0.2) is 24.7 Å². The predicted molar refractivity (Wildman–Crippen MR) is 98.7 cm³/mol. The number of fused-ring (bicyclic) bond motifs is 3. The molecule has 0 saturated carbocycles. The number of aromatic nitrogens is 1. The summed E-state index contributed by atoms with van der Waals surface area (Å²) >= 11 is 1.85. The van der Waals surface area contributed by atoms with Crippen LogP contribution in [0.1, 0.15) is 46.2 Å². The Labute approximate surface area is 143 Å². The van der Waals surface area contributed by atoms with E-state index in [0.717, 1.165) is 28.7 Å². The number of hydrogen-bond donors (Lipinski definition) is 0. The number of pyridine rings is 1. The molecular weight excluding hydrogens is 320 g/mol. The highest BCUT2D eigenvalue weighted by Gasteiger charge is 2.29. The van der Waals surface area contributed by atoms with Gasteiger partial charge in [0.1, 0.15) is 4.83 Å². The van der Waals surface area contributed by atoms with Crippen LogP contribution in [0.25, 0.3) is 10.2 Å². The lowest BCUT2D eigenvalue weighted by molar-refractivity contribution is -0.0491. The molecule has 0 radical (unpaired) electrons. The van der Waals surface area contributed by atoms with E-state index in [0.29, 0.717) is 0 Å². The minimum absolute atomic E-state index is 0.369. The second-order valence-electron chi connectivity index (χ2n) is 6.71. The summed E-state index contributed by atoms with van der Waals surface area (Å²) in [6, 6.07) is 2.41. The summed E-state index contributed by atoms with van der Waals surface area (Å²) in [5, 5.41) is 11.0.